The number of carbonyl (C=O) groups is 2. The monoisotopic (exact) mass is 416 g/mol. The van der Waals surface area contributed by atoms with Crippen LogP contribution in [0.15, 0.2) is 73.1 Å². The Bertz CT molecular complexity index is 1260. The first-order valence-electron chi connectivity index (χ1n) is 9.32. The van der Waals surface area contributed by atoms with Crippen LogP contribution in [-0.4, -0.2) is 32.0 Å². The van der Waals surface area contributed by atoms with Gasteiger partial charge in [-0.25, -0.2) is 9.07 Å². The molecule has 4 rings (SSSR count). The van der Waals surface area contributed by atoms with Gasteiger partial charge in [0.25, 0.3) is 11.8 Å². The van der Waals surface area contributed by atoms with Gasteiger partial charge >= 0.3 is 0 Å². The van der Waals surface area contributed by atoms with Crippen LogP contribution in [0, 0.1) is 12.7 Å². The van der Waals surface area contributed by atoms with Crippen molar-refractivity contribution in [1.29, 1.82) is 0 Å². The van der Waals surface area contributed by atoms with Crippen LogP contribution in [0.5, 0.6) is 0 Å². The topological polar surface area (TPSA) is 102 Å². The highest BCUT2D eigenvalue weighted by Gasteiger charge is 2.12. The van der Waals surface area contributed by atoms with E-state index in [1.165, 1.54) is 29.2 Å². The molecule has 0 fully saturated rings. The van der Waals surface area contributed by atoms with Gasteiger partial charge in [-0.15, -0.1) is 5.10 Å². The summed E-state index contributed by atoms with van der Waals surface area (Å²) in [6.45, 7) is 1.85. The lowest BCUT2D eigenvalue weighted by atomic mass is 10.1. The number of aromatic nitrogens is 4. The van der Waals surface area contributed by atoms with E-state index >= 15 is 0 Å². The average Bonchev–Trinajstić information content (AvgIpc) is 3.28. The van der Waals surface area contributed by atoms with E-state index in [2.05, 4.69) is 26.2 Å². The molecular weight excluding hydrogens is 399 g/mol. The van der Waals surface area contributed by atoms with E-state index in [0.717, 1.165) is 11.3 Å². The Morgan fingerprint density at radius 1 is 0.871 bits per heavy atom. The number of benzene rings is 3. The molecule has 8 nitrogen and oxygen atoms in total. The molecule has 0 aliphatic heterocycles. The molecule has 0 atom stereocenters. The van der Waals surface area contributed by atoms with Crippen molar-refractivity contribution in [3.8, 4) is 5.69 Å². The summed E-state index contributed by atoms with van der Waals surface area (Å²) in [5.41, 5.74) is 3.16. The third-order valence-electron chi connectivity index (χ3n) is 4.52. The first-order chi connectivity index (χ1) is 15.0. The van der Waals surface area contributed by atoms with Gasteiger partial charge in [-0.05, 0) is 77.5 Å². The Morgan fingerprint density at radius 2 is 1.55 bits per heavy atom. The van der Waals surface area contributed by atoms with Crippen molar-refractivity contribution < 1.29 is 14.0 Å². The number of tetrazole rings is 1. The molecule has 1 aromatic heterocycles. The molecule has 2 N–H and O–H groups in total. The largest absolute Gasteiger partial charge is 0.322 e. The maximum Gasteiger partial charge on any atom is 0.255 e. The first-order valence-corrected chi connectivity index (χ1v) is 9.32. The molecule has 0 spiro atoms. The van der Waals surface area contributed by atoms with Crippen LogP contribution >= 0.6 is 0 Å². The van der Waals surface area contributed by atoms with Crippen molar-refractivity contribution in [2.75, 3.05) is 10.6 Å². The number of nitrogens with one attached hydrogen (secondary N) is 2. The first kappa shape index (κ1) is 19.9. The molecule has 0 unspecified atom stereocenters. The van der Waals surface area contributed by atoms with Crippen molar-refractivity contribution >= 4 is 23.2 Å². The predicted molar refractivity (Wildman–Crippen MR) is 113 cm³/mol. The molecule has 0 aliphatic rings. The molecule has 0 aliphatic carbocycles. The summed E-state index contributed by atoms with van der Waals surface area (Å²) in [6, 6.07) is 17.3. The minimum absolute atomic E-state index is 0.325. The number of hydrogen-bond acceptors (Lipinski definition) is 5. The summed E-state index contributed by atoms with van der Waals surface area (Å²) < 4.78 is 14.8. The Kier molecular flexibility index (Phi) is 5.48. The molecule has 154 valence electrons. The SMILES string of the molecule is Cc1cc(C(=O)Nc2cccc(C(=O)Nc3cccc(F)c3)c2)ccc1-n1cnnn1. The molecular formula is C22H17FN6O2. The van der Waals surface area contributed by atoms with Gasteiger partial charge in [-0.1, -0.05) is 12.1 Å². The fraction of sp³-hybridized carbons (Fsp3) is 0.0455. The van der Waals surface area contributed by atoms with Crippen LogP contribution in [0.1, 0.15) is 26.3 Å². The van der Waals surface area contributed by atoms with Gasteiger partial charge in [0.15, 0.2) is 0 Å². The molecule has 3 aromatic carbocycles. The third-order valence-corrected chi connectivity index (χ3v) is 4.52. The maximum absolute atomic E-state index is 13.3. The summed E-state index contributed by atoms with van der Waals surface area (Å²) >= 11 is 0. The van der Waals surface area contributed by atoms with Crippen LogP contribution in [0.2, 0.25) is 0 Å². The van der Waals surface area contributed by atoms with Gasteiger partial charge < -0.3 is 10.6 Å². The van der Waals surface area contributed by atoms with Crippen LogP contribution in [0.25, 0.3) is 5.69 Å². The van der Waals surface area contributed by atoms with E-state index in [9.17, 15) is 14.0 Å². The number of halogens is 1. The molecule has 4 aromatic rings. The fourth-order valence-corrected chi connectivity index (χ4v) is 3.04. The lowest BCUT2D eigenvalue weighted by Gasteiger charge is -2.10. The molecule has 31 heavy (non-hydrogen) atoms. The third kappa shape index (κ3) is 4.61. The van der Waals surface area contributed by atoms with Crippen molar-refractivity contribution in [3.63, 3.8) is 0 Å². The minimum Gasteiger partial charge on any atom is -0.322 e. The predicted octanol–water partition coefficient (Wildman–Crippen LogP) is 3.61. The van der Waals surface area contributed by atoms with E-state index < -0.39 is 11.7 Å². The Balaban J connectivity index is 1.48. The van der Waals surface area contributed by atoms with Crippen LogP contribution in [0.3, 0.4) is 0 Å². The molecule has 9 heteroatoms. The number of amides is 2. The normalized spacial score (nSPS) is 10.5. The zero-order valence-electron chi connectivity index (χ0n) is 16.4. The standard InChI is InChI=1S/C22H17FN6O2/c1-14-10-16(8-9-20(14)29-13-24-27-28-29)22(31)25-18-6-2-4-15(11-18)21(30)26-19-7-3-5-17(23)12-19/h2-13H,1H3,(H,25,31)(H,26,30). The van der Waals surface area contributed by atoms with Gasteiger partial charge in [0.05, 0.1) is 5.69 Å². The van der Waals surface area contributed by atoms with Gasteiger partial charge in [0.2, 0.25) is 0 Å². The Morgan fingerprint density at radius 3 is 2.19 bits per heavy atom. The Hall–Kier alpha value is -4.40. The molecule has 0 saturated heterocycles. The second-order valence-corrected chi connectivity index (χ2v) is 6.76. The summed E-state index contributed by atoms with van der Waals surface area (Å²) in [4.78, 5) is 25.1. The van der Waals surface area contributed by atoms with Gasteiger partial charge in [0.1, 0.15) is 12.1 Å². The van der Waals surface area contributed by atoms with Gasteiger partial charge in [-0.2, -0.15) is 0 Å². The molecule has 2 amide bonds. The number of hydrogen-bond donors (Lipinski definition) is 2. The van der Waals surface area contributed by atoms with Crippen molar-refractivity contribution in [2.24, 2.45) is 0 Å². The number of carbonyl (C=O) groups excluding carboxylic acids is 2. The van der Waals surface area contributed by atoms with Gasteiger partial charge in [0, 0.05) is 22.5 Å². The average molecular weight is 416 g/mol. The maximum atomic E-state index is 13.3. The quantitative estimate of drug-likeness (QED) is 0.517. The van der Waals surface area contributed by atoms with E-state index in [0.29, 0.717) is 22.5 Å². The smallest absolute Gasteiger partial charge is 0.255 e. The van der Waals surface area contributed by atoms with E-state index in [1.807, 2.05) is 6.92 Å². The van der Waals surface area contributed by atoms with Crippen LogP contribution in [-0.2, 0) is 0 Å². The summed E-state index contributed by atoms with van der Waals surface area (Å²) in [5.74, 6) is -1.18. The molecule has 1 heterocycles. The highest BCUT2D eigenvalue weighted by atomic mass is 19.1. The van der Waals surface area contributed by atoms with Gasteiger partial charge in [-0.3, -0.25) is 9.59 Å². The number of nitrogens with zero attached hydrogens (tertiary/aromatic N) is 4. The van der Waals surface area contributed by atoms with Crippen LogP contribution < -0.4 is 10.6 Å². The van der Waals surface area contributed by atoms with Crippen molar-refractivity contribution in [2.45, 2.75) is 6.92 Å². The second-order valence-electron chi connectivity index (χ2n) is 6.76. The van der Waals surface area contributed by atoms with E-state index in [4.69, 9.17) is 0 Å². The van der Waals surface area contributed by atoms with E-state index in [1.54, 1.807) is 48.5 Å². The Labute approximate surface area is 176 Å². The lowest BCUT2D eigenvalue weighted by molar-refractivity contribution is 0.101. The molecule has 0 bridgehead atoms. The highest BCUT2D eigenvalue weighted by molar-refractivity contribution is 6.07. The molecule has 0 radical (unpaired) electrons. The zero-order chi connectivity index (χ0) is 21.8. The fourth-order valence-electron chi connectivity index (χ4n) is 3.04. The number of rotatable bonds is 5. The van der Waals surface area contributed by atoms with E-state index in [-0.39, 0.29) is 5.91 Å². The lowest BCUT2D eigenvalue weighted by Crippen LogP contribution is -2.15. The second kappa shape index (κ2) is 8.54. The summed E-state index contributed by atoms with van der Waals surface area (Å²) in [7, 11) is 0. The van der Waals surface area contributed by atoms with Crippen molar-refractivity contribution in [1.82, 2.24) is 20.2 Å². The molecule has 0 saturated carbocycles. The zero-order valence-corrected chi connectivity index (χ0v) is 16.4. The van der Waals surface area contributed by atoms with Crippen molar-refractivity contribution in [3.05, 3.63) is 95.6 Å². The highest BCUT2D eigenvalue weighted by Crippen LogP contribution is 2.18. The minimum atomic E-state index is -0.444. The summed E-state index contributed by atoms with van der Waals surface area (Å²) in [5, 5.41) is 16.5. The number of anilines is 2. The number of aryl methyl sites for hydroxylation is 1. The summed E-state index contributed by atoms with van der Waals surface area (Å²) in [6.07, 6.45) is 1.47. The van der Waals surface area contributed by atoms with Crippen LogP contribution in [0.4, 0.5) is 15.8 Å².